The third-order valence-electron chi connectivity index (χ3n) is 4.41. The summed E-state index contributed by atoms with van der Waals surface area (Å²) in [5.74, 6) is 0.760. The molecule has 1 N–H and O–H groups in total. The van der Waals surface area contributed by atoms with Gasteiger partial charge in [0.25, 0.3) is 0 Å². The number of nitrogens with zero attached hydrogens (tertiary/aromatic N) is 5. The first-order valence-electron chi connectivity index (χ1n) is 8.30. The number of fused-ring (bicyclic) bond motifs is 1. The van der Waals surface area contributed by atoms with Crippen molar-refractivity contribution >= 4 is 28.3 Å². The zero-order valence-electron chi connectivity index (χ0n) is 14.2. The number of piperazine rings is 1. The summed E-state index contributed by atoms with van der Waals surface area (Å²) in [4.78, 5) is 24.3. The quantitative estimate of drug-likeness (QED) is 0.750. The number of thiophene rings is 1. The second kappa shape index (κ2) is 6.49. The van der Waals surface area contributed by atoms with Crippen molar-refractivity contribution in [3.63, 3.8) is 0 Å². The maximum Gasteiger partial charge on any atom is 0.335 e. The van der Waals surface area contributed by atoms with Crippen LogP contribution in [0.15, 0.2) is 21.6 Å². The molecule has 4 heterocycles. The first kappa shape index (κ1) is 16.1. The maximum atomic E-state index is 13.0. The van der Waals surface area contributed by atoms with Crippen LogP contribution in [0.5, 0.6) is 6.01 Å². The molecule has 0 bridgehead atoms. The number of nitrogens with one attached hydrogen (secondary N) is 1. The van der Waals surface area contributed by atoms with E-state index in [1.54, 1.807) is 27.6 Å². The lowest BCUT2D eigenvalue weighted by Gasteiger charge is -2.29. The molecule has 0 spiro atoms. The molecule has 3 aromatic heterocycles. The van der Waals surface area contributed by atoms with E-state index in [1.807, 2.05) is 23.8 Å². The van der Waals surface area contributed by atoms with E-state index in [9.17, 15) is 4.79 Å². The molecule has 0 unspecified atom stereocenters. The number of aromatic nitrogens is 4. The van der Waals surface area contributed by atoms with Crippen molar-refractivity contribution in [1.29, 1.82) is 0 Å². The monoisotopic (exact) mass is 360 g/mol. The largest absolute Gasteiger partial charge is 0.467 e. The number of aryl methyl sites for hydroxylation is 1. The normalized spacial score (nSPS) is 15.0. The van der Waals surface area contributed by atoms with E-state index in [0.717, 1.165) is 43.2 Å². The lowest BCUT2D eigenvalue weighted by molar-refractivity contribution is 0.381. The van der Waals surface area contributed by atoms with Gasteiger partial charge in [-0.2, -0.15) is 21.3 Å². The van der Waals surface area contributed by atoms with Crippen LogP contribution < -0.4 is 20.6 Å². The van der Waals surface area contributed by atoms with E-state index in [0.29, 0.717) is 12.2 Å². The standard InChI is InChI=1S/C16H20N6O2S/c1-3-21-12-13(20-7-5-17-6-8-20)18-15(24-2)19-14(12)22(16(21)23)11-4-9-25-10-11/h4,9-10,17H,3,5-8H2,1-2H3. The molecule has 3 aromatic rings. The van der Waals surface area contributed by atoms with Crippen molar-refractivity contribution in [3.05, 3.63) is 27.3 Å². The van der Waals surface area contributed by atoms with Crippen LogP contribution in [0.2, 0.25) is 0 Å². The summed E-state index contributed by atoms with van der Waals surface area (Å²) in [6, 6.07) is 2.20. The molecule has 1 aliphatic rings. The van der Waals surface area contributed by atoms with Crippen molar-refractivity contribution in [1.82, 2.24) is 24.4 Å². The topological polar surface area (TPSA) is 77.2 Å². The minimum Gasteiger partial charge on any atom is -0.467 e. The van der Waals surface area contributed by atoms with Gasteiger partial charge in [0.05, 0.1) is 12.8 Å². The van der Waals surface area contributed by atoms with Gasteiger partial charge in [-0.25, -0.2) is 9.36 Å². The molecule has 1 fully saturated rings. The average Bonchev–Trinajstić information content (AvgIpc) is 3.26. The number of anilines is 1. The number of hydrogen-bond donors (Lipinski definition) is 1. The SMILES string of the molecule is CCn1c(=O)n(-c2ccsc2)c2nc(OC)nc(N3CCNCC3)c21. The van der Waals surface area contributed by atoms with Gasteiger partial charge in [0.2, 0.25) is 0 Å². The minimum absolute atomic E-state index is 0.102. The number of imidazole rings is 1. The van der Waals surface area contributed by atoms with Gasteiger partial charge in [-0.1, -0.05) is 0 Å². The third kappa shape index (κ3) is 2.59. The summed E-state index contributed by atoms with van der Waals surface area (Å²) < 4.78 is 8.71. The predicted octanol–water partition coefficient (Wildman–Crippen LogP) is 1.08. The Hall–Kier alpha value is -2.39. The Morgan fingerprint density at radius 3 is 2.76 bits per heavy atom. The van der Waals surface area contributed by atoms with Crippen molar-refractivity contribution in [2.24, 2.45) is 0 Å². The van der Waals surface area contributed by atoms with Crippen LogP contribution in [0.3, 0.4) is 0 Å². The molecule has 0 amide bonds. The highest BCUT2D eigenvalue weighted by atomic mass is 32.1. The minimum atomic E-state index is -0.102. The molecule has 132 valence electrons. The summed E-state index contributed by atoms with van der Waals surface area (Å²) in [5, 5.41) is 7.24. The van der Waals surface area contributed by atoms with Gasteiger partial charge in [0.1, 0.15) is 5.52 Å². The second-order valence-corrected chi connectivity index (χ2v) is 6.57. The summed E-state index contributed by atoms with van der Waals surface area (Å²) in [6.07, 6.45) is 0. The van der Waals surface area contributed by atoms with Gasteiger partial charge < -0.3 is 15.0 Å². The first-order valence-corrected chi connectivity index (χ1v) is 9.24. The van der Waals surface area contributed by atoms with Crippen LogP contribution in [-0.4, -0.2) is 52.4 Å². The second-order valence-electron chi connectivity index (χ2n) is 5.79. The van der Waals surface area contributed by atoms with Gasteiger partial charge in [-0.15, -0.1) is 0 Å². The summed E-state index contributed by atoms with van der Waals surface area (Å²) in [6.45, 7) is 5.95. The molecule has 8 nitrogen and oxygen atoms in total. The highest BCUT2D eigenvalue weighted by Crippen LogP contribution is 2.28. The maximum absolute atomic E-state index is 13.0. The fourth-order valence-corrected chi connectivity index (χ4v) is 3.84. The van der Waals surface area contributed by atoms with E-state index in [1.165, 1.54) is 0 Å². The summed E-state index contributed by atoms with van der Waals surface area (Å²) >= 11 is 1.55. The highest BCUT2D eigenvalue weighted by Gasteiger charge is 2.25. The van der Waals surface area contributed by atoms with Gasteiger partial charge in [0, 0.05) is 38.1 Å². The lowest BCUT2D eigenvalue weighted by atomic mass is 10.3. The van der Waals surface area contributed by atoms with Crippen LogP contribution in [0.1, 0.15) is 6.92 Å². The Labute approximate surface area is 148 Å². The average molecular weight is 360 g/mol. The molecule has 0 radical (unpaired) electrons. The Kier molecular flexibility index (Phi) is 4.18. The van der Waals surface area contributed by atoms with E-state index >= 15 is 0 Å². The molecular formula is C16H20N6O2S. The fraction of sp³-hybridized carbons (Fsp3) is 0.438. The Morgan fingerprint density at radius 1 is 1.32 bits per heavy atom. The van der Waals surface area contributed by atoms with Crippen molar-refractivity contribution in [2.75, 3.05) is 38.2 Å². The molecule has 1 saturated heterocycles. The van der Waals surface area contributed by atoms with Crippen molar-refractivity contribution in [3.8, 4) is 11.7 Å². The van der Waals surface area contributed by atoms with Gasteiger partial charge in [-0.3, -0.25) is 4.57 Å². The molecule has 9 heteroatoms. The molecule has 0 aliphatic carbocycles. The molecule has 1 aliphatic heterocycles. The van der Waals surface area contributed by atoms with Crippen molar-refractivity contribution < 1.29 is 4.74 Å². The Balaban J connectivity index is 2.05. The van der Waals surface area contributed by atoms with E-state index in [-0.39, 0.29) is 11.7 Å². The molecule has 0 aromatic carbocycles. The lowest BCUT2D eigenvalue weighted by Crippen LogP contribution is -2.44. The van der Waals surface area contributed by atoms with Crippen molar-refractivity contribution in [2.45, 2.75) is 13.5 Å². The molecular weight excluding hydrogens is 340 g/mol. The van der Waals surface area contributed by atoms with Crippen LogP contribution in [0, 0.1) is 0 Å². The summed E-state index contributed by atoms with van der Waals surface area (Å²) in [5.41, 5.74) is 2.07. The first-order chi connectivity index (χ1) is 12.2. The third-order valence-corrected chi connectivity index (χ3v) is 5.08. The number of rotatable bonds is 4. The zero-order chi connectivity index (χ0) is 17.4. The molecule has 25 heavy (non-hydrogen) atoms. The van der Waals surface area contributed by atoms with Gasteiger partial charge in [0.15, 0.2) is 11.5 Å². The van der Waals surface area contributed by atoms with Crippen LogP contribution >= 0.6 is 11.3 Å². The fourth-order valence-electron chi connectivity index (χ4n) is 3.22. The van der Waals surface area contributed by atoms with Crippen LogP contribution in [0.4, 0.5) is 5.82 Å². The molecule has 0 saturated carbocycles. The van der Waals surface area contributed by atoms with Crippen LogP contribution in [0.25, 0.3) is 16.9 Å². The number of methoxy groups -OCH3 is 1. The molecule has 0 atom stereocenters. The van der Waals surface area contributed by atoms with E-state index in [2.05, 4.69) is 20.2 Å². The predicted molar refractivity (Wildman–Crippen MR) is 98.3 cm³/mol. The smallest absolute Gasteiger partial charge is 0.335 e. The van der Waals surface area contributed by atoms with E-state index < -0.39 is 0 Å². The zero-order valence-corrected chi connectivity index (χ0v) is 15.0. The van der Waals surface area contributed by atoms with Gasteiger partial charge >= 0.3 is 11.7 Å². The Bertz CT molecular complexity index is 940. The van der Waals surface area contributed by atoms with E-state index in [4.69, 9.17) is 4.74 Å². The highest BCUT2D eigenvalue weighted by molar-refractivity contribution is 7.08. The van der Waals surface area contributed by atoms with Gasteiger partial charge in [-0.05, 0) is 18.4 Å². The molecule has 4 rings (SSSR count). The summed E-state index contributed by atoms with van der Waals surface area (Å²) in [7, 11) is 1.55. The number of ether oxygens (including phenoxy) is 1. The van der Waals surface area contributed by atoms with Crippen LogP contribution in [-0.2, 0) is 6.54 Å². The number of hydrogen-bond acceptors (Lipinski definition) is 7. The Morgan fingerprint density at radius 2 is 2.12 bits per heavy atom.